The van der Waals surface area contributed by atoms with Crippen LogP contribution in [0.25, 0.3) is 0 Å². The van der Waals surface area contributed by atoms with Gasteiger partial charge in [-0.2, -0.15) is 31.4 Å². The van der Waals surface area contributed by atoms with E-state index in [1.165, 1.54) is 11.1 Å². The third-order valence-corrected chi connectivity index (χ3v) is 5.08. The van der Waals surface area contributed by atoms with Gasteiger partial charge in [0.15, 0.2) is 0 Å². The fourth-order valence-corrected chi connectivity index (χ4v) is 3.28. The molecule has 1 amide bonds. The van der Waals surface area contributed by atoms with Crippen LogP contribution in [0.2, 0.25) is 0 Å². The van der Waals surface area contributed by atoms with E-state index in [1.54, 1.807) is 7.05 Å². The zero-order chi connectivity index (χ0) is 30.1. The number of aliphatic carboxylic acids is 2. The number of aromatic nitrogens is 3. The Labute approximate surface area is 219 Å². The molecule has 2 aromatic heterocycles. The van der Waals surface area contributed by atoms with E-state index >= 15 is 0 Å². The maximum Gasteiger partial charge on any atom is 0.490 e. The number of nitrogens with zero attached hydrogens (tertiary/aromatic N) is 5. The Balaban J connectivity index is 0.000000449. The normalized spacial score (nSPS) is 13.5. The van der Waals surface area contributed by atoms with Crippen molar-refractivity contribution in [2.75, 3.05) is 39.1 Å². The number of rotatable bonds is 4. The van der Waals surface area contributed by atoms with E-state index in [0.717, 1.165) is 44.0 Å². The molecule has 0 fully saturated rings. The average molecular weight is 570 g/mol. The number of nitrogens with one attached hydrogen (secondary N) is 1. The molecule has 11 nitrogen and oxygen atoms in total. The van der Waals surface area contributed by atoms with Gasteiger partial charge in [-0.15, -0.1) is 0 Å². The van der Waals surface area contributed by atoms with Gasteiger partial charge in [-0.3, -0.25) is 14.4 Å². The first-order valence-electron chi connectivity index (χ1n) is 11.1. The Morgan fingerprint density at radius 2 is 1.54 bits per heavy atom. The van der Waals surface area contributed by atoms with Crippen molar-refractivity contribution in [3.8, 4) is 0 Å². The number of carbonyl (C=O) groups excluding carboxylic acids is 1. The third-order valence-electron chi connectivity index (χ3n) is 5.08. The second kappa shape index (κ2) is 13.8. The molecule has 218 valence electrons. The summed E-state index contributed by atoms with van der Waals surface area (Å²) in [7, 11) is 7.44. The van der Waals surface area contributed by atoms with Crippen LogP contribution in [0.3, 0.4) is 0 Å². The summed E-state index contributed by atoms with van der Waals surface area (Å²) in [6.45, 7) is 2.81. The van der Waals surface area contributed by atoms with Crippen LogP contribution in [0.4, 0.5) is 32.2 Å². The Bertz CT molecular complexity index is 1130. The summed E-state index contributed by atoms with van der Waals surface area (Å²) in [6, 6.07) is 2.02. The molecule has 3 heterocycles. The van der Waals surface area contributed by atoms with Gasteiger partial charge in [-0.25, -0.2) is 14.6 Å². The SMILES string of the molecule is CNC(=O)c1cc2c(nc1N(C)C)CCN(Cc1cnn(C)c1)CC2.O=C(O)C(F)(F)F.O=C(O)C(F)(F)F. The lowest BCUT2D eigenvalue weighted by atomic mass is 10.0. The van der Waals surface area contributed by atoms with Crippen molar-refractivity contribution in [3.05, 3.63) is 40.8 Å². The summed E-state index contributed by atoms with van der Waals surface area (Å²) in [6.07, 6.45) is -4.39. The number of amides is 1. The number of carbonyl (C=O) groups is 3. The molecule has 3 N–H and O–H groups in total. The maximum atomic E-state index is 12.2. The van der Waals surface area contributed by atoms with E-state index in [4.69, 9.17) is 24.8 Å². The minimum absolute atomic E-state index is 0.0875. The zero-order valence-corrected chi connectivity index (χ0v) is 21.4. The summed E-state index contributed by atoms with van der Waals surface area (Å²) in [5.74, 6) is -4.87. The fourth-order valence-electron chi connectivity index (χ4n) is 3.28. The first-order chi connectivity index (χ1) is 17.9. The van der Waals surface area contributed by atoms with Crippen LogP contribution in [0, 0.1) is 0 Å². The number of hydrogen-bond acceptors (Lipinski definition) is 7. The highest BCUT2D eigenvalue weighted by Gasteiger charge is 2.38. The molecular formula is C22H28F6N6O5. The first-order valence-corrected chi connectivity index (χ1v) is 11.1. The Morgan fingerprint density at radius 1 is 1.03 bits per heavy atom. The standard InChI is InChI=1S/C18H26N6O.2C2HF3O2/c1-19-18(25)15-9-14-5-7-24(12-13-10-20-23(4)11-13)8-6-16(14)21-17(15)22(2)3;2*3-2(4,5)1(6)7/h9-11H,5-8,12H2,1-4H3,(H,19,25);2*(H,6,7). The number of aryl methyl sites for hydroxylation is 1. The monoisotopic (exact) mass is 570 g/mol. The first kappa shape index (κ1) is 33.1. The van der Waals surface area contributed by atoms with E-state index in [9.17, 15) is 31.1 Å². The van der Waals surface area contributed by atoms with Gasteiger partial charge in [-0.05, 0) is 18.1 Å². The van der Waals surface area contributed by atoms with Gasteiger partial charge in [0.2, 0.25) is 0 Å². The number of carboxylic acids is 2. The highest BCUT2D eigenvalue weighted by atomic mass is 19.4. The molecule has 0 atom stereocenters. The summed E-state index contributed by atoms with van der Waals surface area (Å²) >= 11 is 0. The number of halogens is 6. The number of alkyl halides is 6. The average Bonchev–Trinajstić information content (AvgIpc) is 3.13. The fraction of sp³-hybridized carbons (Fsp3) is 0.500. The molecule has 3 rings (SSSR count). The van der Waals surface area contributed by atoms with E-state index in [1.807, 2.05) is 43.0 Å². The van der Waals surface area contributed by atoms with Crippen molar-refractivity contribution in [1.29, 1.82) is 0 Å². The lowest BCUT2D eigenvalue weighted by molar-refractivity contribution is -0.193. The Hall–Kier alpha value is -3.89. The van der Waals surface area contributed by atoms with Crippen molar-refractivity contribution >= 4 is 23.7 Å². The van der Waals surface area contributed by atoms with Crippen LogP contribution in [0.5, 0.6) is 0 Å². The molecule has 0 spiro atoms. The largest absolute Gasteiger partial charge is 0.490 e. The molecular weight excluding hydrogens is 542 g/mol. The lowest BCUT2D eigenvalue weighted by Crippen LogP contribution is -2.25. The van der Waals surface area contributed by atoms with E-state index in [-0.39, 0.29) is 5.91 Å². The number of fused-ring (bicyclic) bond motifs is 1. The topological polar surface area (TPSA) is 141 Å². The molecule has 17 heteroatoms. The molecule has 1 aliphatic heterocycles. The molecule has 0 unspecified atom stereocenters. The van der Waals surface area contributed by atoms with Gasteiger partial charge in [0.1, 0.15) is 5.82 Å². The summed E-state index contributed by atoms with van der Waals surface area (Å²) in [4.78, 5) is 39.2. The minimum Gasteiger partial charge on any atom is -0.475 e. The van der Waals surface area contributed by atoms with Crippen LogP contribution < -0.4 is 10.2 Å². The molecule has 1 aliphatic rings. The maximum absolute atomic E-state index is 12.2. The van der Waals surface area contributed by atoms with Crippen LogP contribution in [0.15, 0.2) is 18.5 Å². The van der Waals surface area contributed by atoms with Gasteiger partial charge in [-0.1, -0.05) is 0 Å². The summed E-state index contributed by atoms with van der Waals surface area (Å²) in [5, 5.41) is 21.2. The van der Waals surface area contributed by atoms with Gasteiger partial charge < -0.3 is 20.4 Å². The van der Waals surface area contributed by atoms with Gasteiger partial charge in [0.05, 0.1) is 11.8 Å². The quantitative estimate of drug-likeness (QED) is 0.472. The second-order valence-electron chi connectivity index (χ2n) is 8.34. The van der Waals surface area contributed by atoms with Gasteiger partial charge in [0, 0.05) is 71.7 Å². The molecule has 0 aliphatic carbocycles. The van der Waals surface area contributed by atoms with Crippen molar-refractivity contribution in [2.45, 2.75) is 31.7 Å². The zero-order valence-electron chi connectivity index (χ0n) is 21.4. The van der Waals surface area contributed by atoms with Crippen molar-refractivity contribution in [2.24, 2.45) is 7.05 Å². The molecule has 0 bridgehead atoms. The highest BCUT2D eigenvalue weighted by Crippen LogP contribution is 2.24. The van der Waals surface area contributed by atoms with Gasteiger partial charge >= 0.3 is 24.3 Å². The number of hydrogen-bond donors (Lipinski definition) is 3. The summed E-state index contributed by atoms with van der Waals surface area (Å²) < 4.78 is 65.3. The lowest BCUT2D eigenvalue weighted by Gasteiger charge is -2.18. The second-order valence-corrected chi connectivity index (χ2v) is 8.34. The Morgan fingerprint density at radius 3 is 1.95 bits per heavy atom. The predicted molar refractivity (Wildman–Crippen MR) is 125 cm³/mol. The molecule has 39 heavy (non-hydrogen) atoms. The van der Waals surface area contributed by atoms with E-state index in [0.29, 0.717) is 5.56 Å². The van der Waals surface area contributed by atoms with E-state index in [2.05, 4.69) is 21.5 Å². The van der Waals surface area contributed by atoms with Gasteiger partial charge in [0.25, 0.3) is 5.91 Å². The highest BCUT2D eigenvalue weighted by molar-refractivity contribution is 5.99. The van der Waals surface area contributed by atoms with Crippen molar-refractivity contribution in [1.82, 2.24) is 25.0 Å². The molecule has 0 saturated carbocycles. The summed E-state index contributed by atoms with van der Waals surface area (Å²) in [5.41, 5.74) is 4.15. The smallest absolute Gasteiger partial charge is 0.475 e. The third kappa shape index (κ3) is 10.8. The van der Waals surface area contributed by atoms with Crippen LogP contribution >= 0.6 is 0 Å². The molecule has 0 aromatic carbocycles. The van der Waals surface area contributed by atoms with Crippen molar-refractivity contribution in [3.63, 3.8) is 0 Å². The molecule has 0 saturated heterocycles. The number of pyridine rings is 1. The van der Waals surface area contributed by atoms with E-state index < -0.39 is 24.3 Å². The number of carboxylic acid groups (broad SMARTS) is 2. The predicted octanol–water partition coefficient (Wildman–Crippen LogP) is 2.11. The van der Waals surface area contributed by atoms with Crippen LogP contribution in [-0.4, -0.2) is 94.3 Å². The van der Waals surface area contributed by atoms with Crippen molar-refractivity contribution < 1.29 is 50.9 Å². The Kier molecular flexibility index (Phi) is 11.7. The minimum atomic E-state index is -5.08. The van der Waals surface area contributed by atoms with Crippen LogP contribution in [-0.2, 0) is 36.0 Å². The number of anilines is 1. The molecule has 0 radical (unpaired) electrons. The van der Waals surface area contributed by atoms with Crippen LogP contribution in [0.1, 0.15) is 27.2 Å². The molecule has 2 aromatic rings.